The normalized spacial score (nSPS) is 24.6. The molecule has 0 amide bonds. The summed E-state index contributed by atoms with van der Waals surface area (Å²) in [5, 5.41) is 0. The molecule has 0 aliphatic carbocycles. The van der Waals surface area contributed by atoms with Gasteiger partial charge in [0, 0.05) is 37.2 Å². The van der Waals surface area contributed by atoms with Crippen LogP contribution >= 0.6 is 11.8 Å². The van der Waals surface area contributed by atoms with Crippen molar-refractivity contribution in [2.45, 2.75) is 13.0 Å². The van der Waals surface area contributed by atoms with Crippen molar-refractivity contribution in [1.82, 2.24) is 4.90 Å². The van der Waals surface area contributed by atoms with Crippen molar-refractivity contribution in [2.75, 3.05) is 31.1 Å². The fourth-order valence-electron chi connectivity index (χ4n) is 1.19. The van der Waals surface area contributed by atoms with Gasteiger partial charge in [-0.3, -0.25) is 0 Å². The smallest absolute Gasteiger partial charge is 0.0139 e. The van der Waals surface area contributed by atoms with E-state index in [-0.39, 0.29) is 0 Å². The minimum atomic E-state index is 0.336. The van der Waals surface area contributed by atoms with Crippen molar-refractivity contribution < 1.29 is 0 Å². The quantitative estimate of drug-likeness (QED) is 0.633. The largest absolute Gasteiger partial charge is 0.327 e. The molecule has 1 fully saturated rings. The molecule has 0 spiro atoms. The van der Waals surface area contributed by atoms with Gasteiger partial charge in [0.05, 0.1) is 0 Å². The molecule has 1 atom stereocenters. The molecule has 10 heavy (non-hydrogen) atoms. The summed E-state index contributed by atoms with van der Waals surface area (Å²) in [6.45, 7) is 5.60. The van der Waals surface area contributed by atoms with Crippen LogP contribution in [0.25, 0.3) is 0 Å². The van der Waals surface area contributed by atoms with Crippen molar-refractivity contribution >= 4 is 11.8 Å². The van der Waals surface area contributed by atoms with Crippen LogP contribution in [0.15, 0.2) is 0 Å². The lowest BCUT2D eigenvalue weighted by Crippen LogP contribution is -2.40. The molecule has 0 aromatic rings. The zero-order valence-corrected chi connectivity index (χ0v) is 7.36. The van der Waals surface area contributed by atoms with Crippen LogP contribution < -0.4 is 5.73 Å². The Hall–Kier alpha value is 0.270. The minimum absolute atomic E-state index is 0.336. The van der Waals surface area contributed by atoms with Gasteiger partial charge in [-0.25, -0.2) is 0 Å². The predicted octanol–water partition coefficient (Wildman–Crippen LogP) is 0.382. The second kappa shape index (κ2) is 4.21. The second-order valence-corrected chi connectivity index (χ2v) is 4.12. The van der Waals surface area contributed by atoms with Gasteiger partial charge in [0.25, 0.3) is 0 Å². The van der Waals surface area contributed by atoms with Gasteiger partial charge < -0.3 is 10.6 Å². The van der Waals surface area contributed by atoms with Gasteiger partial charge in [0.15, 0.2) is 0 Å². The molecule has 0 saturated carbocycles. The van der Waals surface area contributed by atoms with Crippen LogP contribution in [-0.4, -0.2) is 42.1 Å². The highest BCUT2D eigenvalue weighted by atomic mass is 32.2. The Morgan fingerprint density at radius 3 is 2.60 bits per heavy atom. The fourth-order valence-corrected chi connectivity index (χ4v) is 2.17. The maximum atomic E-state index is 5.67. The van der Waals surface area contributed by atoms with Crippen molar-refractivity contribution in [2.24, 2.45) is 5.73 Å². The average Bonchev–Trinajstić information content (AvgIpc) is 1.88. The van der Waals surface area contributed by atoms with E-state index >= 15 is 0 Å². The number of rotatable bonds is 2. The van der Waals surface area contributed by atoms with E-state index in [1.54, 1.807) is 0 Å². The molecule has 2 nitrogen and oxygen atoms in total. The molecule has 0 bridgehead atoms. The molecule has 1 rings (SSSR count). The Morgan fingerprint density at radius 1 is 1.50 bits per heavy atom. The molecule has 2 N–H and O–H groups in total. The maximum absolute atomic E-state index is 5.67. The Bertz CT molecular complexity index is 89.6. The molecule has 1 heterocycles. The molecule has 0 radical (unpaired) electrons. The molecule has 3 heteroatoms. The van der Waals surface area contributed by atoms with E-state index in [9.17, 15) is 0 Å². The third kappa shape index (κ3) is 2.90. The van der Waals surface area contributed by atoms with Crippen LogP contribution in [-0.2, 0) is 0 Å². The third-order valence-electron chi connectivity index (χ3n) is 1.65. The topological polar surface area (TPSA) is 29.3 Å². The molecule has 1 aliphatic heterocycles. The lowest BCUT2D eigenvalue weighted by Gasteiger charge is -2.27. The molecule has 1 aliphatic rings. The Balaban J connectivity index is 2.13. The zero-order valence-electron chi connectivity index (χ0n) is 6.55. The summed E-state index contributed by atoms with van der Waals surface area (Å²) in [5.74, 6) is 2.57. The van der Waals surface area contributed by atoms with Gasteiger partial charge in [-0.2, -0.15) is 11.8 Å². The molecule has 0 unspecified atom stereocenters. The first-order valence-corrected chi connectivity index (χ1v) is 5.00. The summed E-state index contributed by atoms with van der Waals surface area (Å²) in [5.41, 5.74) is 5.67. The highest BCUT2D eigenvalue weighted by Crippen LogP contribution is 2.08. The molecule has 0 aromatic heterocycles. The van der Waals surface area contributed by atoms with Gasteiger partial charge >= 0.3 is 0 Å². The van der Waals surface area contributed by atoms with Crippen molar-refractivity contribution in [3.8, 4) is 0 Å². The Morgan fingerprint density at radius 2 is 2.10 bits per heavy atom. The van der Waals surface area contributed by atoms with Crippen LogP contribution in [0.1, 0.15) is 6.92 Å². The van der Waals surface area contributed by atoms with E-state index in [1.165, 1.54) is 24.6 Å². The van der Waals surface area contributed by atoms with Crippen LogP contribution in [0.2, 0.25) is 0 Å². The third-order valence-corrected chi connectivity index (χ3v) is 2.59. The monoisotopic (exact) mass is 160 g/mol. The van der Waals surface area contributed by atoms with Crippen molar-refractivity contribution in [1.29, 1.82) is 0 Å². The van der Waals surface area contributed by atoms with E-state index in [2.05, 4.69) is 11.8 Å². The molecular formula is C7H16N2S. The van der Waals surface area contributed by atoms with Crippen LogP contribution in [0.4, 0.5) is 0 Å². The summed E-state index contributed by atoms with van der Waals surface area (Å²) < 4.78 is 0. The number of nitrogens with zero attached hydrogens (tertiary/aromatic N) is 1. The number of hydrogen-bond acceptors (Lipinski definition) is 3. The van der Waals surface area contributed by atoms with Crippen molar-refractivity contribution in [3.05, 3.63) is 0 Å². The summed E-state index contributed by atoms with van der Waals surface area (Å²) in [6, 6.07) is 0.336. The summed E-state index contributed by atoms with van der Waals surface area (Å²) in [7, 11) is 0. The van der Waals surface area contributed by atoms with Crippen LogP contribution in [0, 0.1) is 0 Å². The first-order chi connectivity index (χ1) is 4.79. The van der Waals surface area contributed by atoms with Crippen LogP contribution in [0.5, 0.6) is 0 Å². The molecule has 0 aromatic carbocycles. The minimum Gasteiger partial charge on any atom is -0.327 e. The SMILES string of the molecule is C[C@H](N)CN1CCSCC1. The molecular weight excluding hydrogens is 144 g/mol. The molecule has 1 saturated heterocycles. The Labute approximate surface area is 67.1 Å². The van der Waals surface area contributed by atoms with E-state index in [4.69, 9.17) is 5.73 Å². The van der Waals surface area contributed by atoms with Gasteiger partial charge in [-0.15, -0.1) is 0 Å². The van der Waals surface area contributed by atoms with Gasteiger partial charge in [0.2, 0.25) is 0 Å². The van der Waals surface area contributed by atoms with Gasteiger partial charge in [-0.05, 0) is 6.92 Å². The highest BCUT2D eigenvalue weighted by Gasteiger charge is 2.10. The number of hydrogen-bond donors (Lipinski definition) is 1. The summed E-state index contributed by atoms with van der Waals surface area (Å²) in [6.07, 6.45) is 0. The fraction of sp³-hybridized carbons (Fsp3) is 1.00. The second-order valence-electron chi connectivity index (χ2n) is 2.89. The van der Waals surface area contributed by atoms with Gasteiger partial charge in [0.1, 0.15) is 0 Å². The molecule has 60 valence electrons. The first kappa shape index (κ1) is 8.37. The standard InChI is InChI=1S/C7H16N2S/c1-7(8)6-9-2-4-10-5-3-9/h7H,2-6,8H2,1H3/t7-/m0/s1. The first-order valence-electron chi connectivity index (χ1n) is 3.84. The zero-order chi connectivity index (χ0) is 7.40. The summed E-state index contributed by atoms with van der Waals surface area (Å²) >= 11 is 2.04. The lowest BCUT2D eigenvalue weighted by molar-refractivity contribution is 0.288. The van der Waals surface area contributed by atoms with E-state index in [1.807, 2.05) is 11.8 Å². The lowest BCUT2D eigenvalue weighted by atomic mass is 10.3. The average molecular weight is 160 g/mol. The summed E-state index contributed by atoms with van der Waals surface area (Å²) in [4.78, 5) is 2.45. The van der Waals surface area contributed by atoms with E-state index in [0.29, 0.717) is 6.04 Å². The predicted molar refractivity (Wildman–Crippen MR) is 47.4 cm³/mol. The van der Waals surface area contributed by atoms with Crippen molar-refractivity contribution in [3.63, 3.8) is 0 Å². The van der Waals surface area contributed by atoms with E-state index in [0.717, 1.165) is 6.54 Å². The number of thioether (sulfide) groups is 1. The highest BCUT2D eigenvalue weighted by molar-refractivity contribution is 7.99. The van der Waals surface area contributed by atoms with Gasteiger partial charge in [-0.1, -0.05) is 0 Å². The number of nitrogens with two attached hydrogens (primary N) is 1. The Kier molecular flexibility index (Phi) is 3.52. The van der Waals surface area contributed by atoms with E-state index < -0.39 is 0 Å². The maximum Gasteiger partial charge on any atom is 0.0139 e. The van der Waals surface area contributed by atoms with Crippen LogP contribution in [0.3, 0.4) is 0 Å².